The van der Waals surface area contributed by atoms with E-state index in [1.54, 1.807) is 43.3 Å². The first-order valence-corrected chi connectivity index (χ1v) is 8.32. The number of amides is 2. The number of likely N-dealkylation sites (N-methyl/N-ethyl adjacent to an activating group) is 1. The number of pyridine rings is 1. The quantitative estimate of drug-likeness (QED) is 0.770. The molecule has 1 heterocycles. The fraction of sp³-hybridized carbons (Fsp3) is 0.235. The van der Waals surface area contributed by atoms with Gasteiger partial charge in [-0.05, 0) is 60.2 Å². The molecule has 0 aliphatic rings. The third-order valence-corrected chi connectivity index (χ3v) is 3.99. The summed E-state index contributed by atoms with van der Waals surface area (Å²) in [6.45, 7) is 1.68. The Balaban J connectivity index is 1.88. The van der Waals surface area contributed by atoms with Crippen LogP contribution in [0.4, 0.5) is 15.9 Å². The normalized spacial score (nSPS) is 11.9. The number of benzene rings is 1. The zero-order valence-electron chi connectivity index (χ0n) is 13.8. The van der Waals surface area contributed by atoms with E-state index in [4.69, 9.17) is 0 Å². The third-order valence-electron chi connectivity index (χ3n) is 3.52. The van der Waals surface area contributed by atoms with E-state index >= 15 is 0 Å². The summed E-state index contributed by atoms with van der Waals surface area (Å²) in [5.74, 6) is -0.621. The van der Waals surface area contributed by atoms with Crippen LogP contribution in [0, 0.1) is 5.82 Å². The molecular formula is C17H18BrFN4O2. The molecule has 2 N–H and O–H groups in total. The third kappa shape index (κ3) is 5.91. The number of hydrogen-bond acceptors (Lipinski definition) is 4. The number of anilines is 2. The fourth-order valence-electron chi connectivity index (χ4n) is 2.01. The number of nitrogens with one attached hydrogen (secondary N) is 2. The Labute approximate surface area is 153 Å². The van der Waals surface area contributed by atoms with Gasteiger partial charge in [-0.3, -0.25) is 14.5 Å². The summed E-state index contributed by atoms with van der Waals surface area (Å²) >= 11 is 3.27. The predicted octanol–water partition coefficient (Wildman–Crippen LogP) is 2.88. The summed E-state index contributed by atoms with van der Waals surface area (Å²) < 4.78 is 14.0. The van der Waals surface area contributed by atoms with Crippen LogP contribution in [-0.2, 0) is 9.59 Å². The Bertz CT molecular complexity index is 755. The highest BCUT2D eigenvalue weighted by atomic mass is 79.9. The fourth-order valence-corrected chi connectivity index (χ4v) is 2.24. The average Bonchev–Trinajstić information content (AvgIpc) is 2.56. The first-order valence-electron chi connectivity index (χ1n) is 7.53. The van der Waals surface area contributed by atoms with Crippen molar-refractivity contribution < 1.29 is 14.0 Å². The molecule has 0 saturated heterocycles. The van der Waals surface area contributed by atoms with Crippen LogP contribution < -0.4 is 10.6 Å². The molecule has 8 heteroatoms. The van der Waals surface area contributed by atoms with Gasteiger partial charge in [0.1, 0.15) is 11.6 Å². The predicted molar refractivity (Wildman–Crippen MR) is 97.7 cm³/mol. The van der Waals surface area contributed by atoms with Crippen molar-refractivity contribution in [3.63, 3.8) is 0 Å². The zero-order chi connectivity index (χ0) is 18.4. The summed E-state index contributed by atoms with van der Waals surface area (Å²) in [7, 11) is 1.66. The standard InChI is InChI=1S/C17H18BrFN4O2/c1-11(17(25)21-14-5-3-4-13(19)8-14)23(2)10-16(24)22-15-7-6-12(18)9-20-15/h3-9,11H,10H2,1-2H3,(H,21,25)(H,20,22,24). The molecule has 0 saturated carbocycles. The second kappa shape index (κ2) is 8.68. The molecule has 132 valence electrons. The van der Waals surface area contributed by atoms with E-state index in [1.165, 1.54) is 18.2 Å². The number of carbonyl (C=O) groups excluding carboxylic acids is 2. The van der Waals surface area contributed by atoms with E-state index in [9.17, 15) is 14.0 Å². The van der Waals surface area contributed by atoms with E-state index in [2.05, 4.69) is 31.5 Å². The van der Waals surface area contributed by atoms with Crippen molar-refractivity contribution in [1.29, 1.82) is 0 Å². The topological polar surface area (TPSA) is 74.3 Å². The van der Waals surface area contributed by atoms with Gasteiger partial charge >= 0.3 is 0 Å². The molecule has 25 heavy (non-hydrogen) atoms. The van der Waals surface area contributed by atoms with Gasteiger partial charge in [0.25, 0.3) is 0 Å². The first kappa shape index (κ1) is 19.0. The molecule has 2 rings (SSSR count). The van der Waals surface area contributed by atoms with Gasteiger partial charge in [-0.15, -0.1) is 0 Å². The lowest BCUT2D eigenvalue weighted by Crippen LogP contribution is -2.43. The van der Waals surface area contributed by atoms with Gasteiger partial charge in [0.05, 0.1) is 12.6 Å². The van der Waals surface area contributed by atoms with Crippen LogP contribution in [0.1, 0.15) is 6.92 Å². The number of carbonyl (C=O) groups is 2. The summed E-state index contributed by atoms with van der Waals surface area (Å²) in [5.41, 5.74) is 0.369. The minimum atomic E-state index is -0.577. The molecule has 1 aromatic carbocycles. The molecule has 1 unspecified atom stereocenters. The molecule has 6 nitrogen and oxygen atoms in total. The van der Waals surface area contributed by atoms with Crippen molar-refractivity contribution in [3.8, 4) is 0 Å². The van der Waals surface area contributed by atoms with Gasteiger partial charge in [0, 0.05) is 16.4 Å². The summed E-state index contributed by atoms with van der Waals surface area (Å²) in [6, 6.07) is 8.50. The number of rotatable bonds is 6. The lowest BCUT2D eigenvalue weighted by molar-refractivity contribution is -0.122. The monoisotopic (exact) mass is 408 g/mol. The van der Waals surface area contributed by atoms with Gasteiger partial charge in [0.2, 0.25) is 11.8 Å². The minimum absolute atomic E-state index is 0.00941. The molecule has 0 bridgehead atoms. The molecule has 0 spiro atoms. The summed E-state index contributed by atoms with van der Waals surface area (Å²) in [6.07, 6.45) is 1.58. The molecule has 2 aromatic rings. The second-order valence-corrected chi connectivity index (χ2v) is 6.42. The number of halogens is 2. The summed E-state index contributed by atoms with van der Waals surface area (Å²) in [5, 5.41) is 5.28. The molecule has 0 radical (unpaired) electrons. The number of hydrogen-bond donors (Lipinski definition) is 2. The Morgan fingerprint density at radius 3 is 2.68 bits per heavy atom. The van der Waals surface area contributed by atoms with Gasteiger partial charge < -0.3 is 10.6 Å². The first-order chi connectivity index (χ1) is 11.8. The van der Waals surface area contributed by atoms with E-state index in [0.717, 1.165) is 4.47 Å². The van der Waals surface area contributed by atoms with Crippen LogP contribution in [0.15, 0.2) is 47.1 Å². The van der Waals surface area contributed by atoms with Crippen LogP contribution in [0.3, 0.4) is 0 Å². The van der Waals surface area contributed by atoms with E-state index in [0.29, 0.717) is 11.5 Å². The van der Waals surface area contributed by atoms with Crippen LogP contribution in [0.25, 0.3) is 0 Å². The molecule has 0 fully saturated rings. The molecule has 0 aliphatic carbocycles. The van der Waals surface area contributed by atoms with Gasteiger partial charge in [-0.1, -0.05) is 6.07 Å². The van der Waals surface area contributed by atoms with Crippen LogP contribution in [0.5, 0.6) is 0 Å². The lowest BCUT2D eigenvalue weighted by Gasteiger charge is -2.23. The maximum absolute atomic E-state index is 13.2. The largest absolute Gasteiger partial charge is 0.325 e. The highest BCUT2D eigenvalue weighted by molar-refractivity contribution is 9.10. The number of aromatic nitrogens is 1. The highest BCUT2D eigenvalue weighted by Crippen LogP contribution is 2.12. The zero-order valence-corrected chi connectivity index (χ0v) is 15.4. The van der Waals surface area contributed by atoms with Gasteiger partial charge in [-0.2, -0.15) is 0 Å². The maximum atomic E-state index is 13.2. The van der Waals surface area contributed by atoms with Gasteiger partial charge in [-0.25, -0.2) is 9.37 Å². The SMILES string of the molecule is CC(C(=O)Nc1cccc(F)c1)N(C)CC(=O)Nc1ccc(Br)cn1. The Morgan fingerprint density at radius 1 is 1.28 bits per heavy atom. The molecular weight excluding hydrogens is 391 g/mol. The Kier molecular flexibility index (Phi) is 6.60. The lowest BCUT2D eigenvalue weighted by atomic mass is 10.2. The van der Waals surface area contributed by atoms with Crippen molar-refractivity contribution >= 4 is 39.2 Å². The summed E-state index contributed by atoms with van der Waals surface area (Å²) in [4.78, 5) is 29.9. The van der Waals surface area contributed by atoms with Crippen LogP contribution >= 0.6 is 15.9 Å². The van der Waals surface area contributed by atoms with E-state index in [-0.39, 0.29) is 18.4 Å². The average molecular weight is 409 g/mol. The number of nitrogens with zero attached hydrogens (tertiary/aromatic N) is 2. The van der Waals surface area contributed by atoms with Crippen LogP contribution in [0.2, 0.25) is 0 Å². The van der Waals surface area contributed by atoms with E-state index < -0.39 is 11.9 Å². The second-order valence-electron chi connectivity index (χ2n) is 5.50. The van der Waals surface area contributed by atoms with Crippen molar-refractivity contribution in [2.45, 2.75) is 13.0 Å². The minimum Gasteiger partial charge on any atom is -0.325 e. The molecule has 1 aromatic heterocycles. The molecule has 2 amide bonds. The van der Waals surface area contributed by atoms with Crippen molar-refractivity contribution in [2.24, 2.45) is 0 Å². The van der Waals surface area contributed by atoms with Crippen LogP contribution in [-0.4, -0.2) is 41.3 Å². The van der Waals surface area contributed by atoms with Crippen molar-refractivity contribution in [2.75, 3.05) is 24.2 Å². The van der Waals surface area contributed by atoms with E-state index in [1.807, 2.05) is 0 Å². The Hall–Kier alpha value is -2.32. The van der Waals surface area contributed by atoms with Crippen molar-refractivity contribution in [3.05, 3.63) is 52.9 Å². The Morgan fingerprint density at radius 2 is 2.04 bits per heavy atom. The van der Waals surface area contributed by atoms with Crippen molar-refractivity contribution in [1.82, 2.24) is 9.88 Å². The maximum Gasteiger partial charge on any atom is 0.241 e. The highest BCUT2D eigenvalue weighted by Gasteiger charge is 2.20. The van der Waals surface area contributed by atoms with Gasteiger partial charge in [0.15, 0.2) is 0 Å². The molecule has 1 atom stereocenters. The smallest absolute Gasteiger partial charge is 0.241 e. The molecule has 0 aliphatic heterocycles.